The molecule has 1 fully saturated rings. The van der Waals surface area contributed by atoms with Crippen LogP contribution in [0.1, 0.15) is 96.1 Å². The van der Waals surface area contributed by atoms with Crippen molar-refractivity contribution in [1.29, 1.82) is 0 Å². The van der Waals surface area contributed by atoms with Gasteiger partial charge in [-0.15, -0.1) is 0 Å². The van der Waals surface area contributed by atoms with Crippen LogP contribution in [0.15, 0.2) is 18.2 Å². The SMILES string of the molecule is CCCCOP(=O)(OCCCC)OCOc1c(C(C)C)cccc1[C@H](C)C1CC1. The van der Waals surface area contributed by atoms with E-state index < -0.39 is 7.82 Å². The normalized spacial score (nSPS) is 15.7. The maximum Gasteiger partial charge on any atom is 0.477 e. The summed E-state index contributed by atoms with van der Waals surface area (Å²) in [6.45, 7) is 11.2. The fraction of sp³-hybridized carbons (Fsp3) is 0.739. The standard InChI is InChI=1S/C23H39O5P/c1-6-8-15-26-29(24,27-16-9-7-2)28-17-25-23-21(18(3)4)11-10-12-22(23)19(5)20-13-14-20/h10-12,18-20H,6-9,13-17H2,1-5H3/t19-/m1/s1. The van der Waals surface area contributed by atoms with Gasteiger partial charge in [-0.1, -0.05) is 65.7 Å². The van der Waals surface area contributed by atoms with E-state index >= 15 is 0 Å². The Morgan fingerprint density at radius 2 is 1.55 bits per heavy atom. The molecule has 1 aliphatic rings. The van der Waals surface area contributed by atoms with Gasteiger partial charge in [-0.2, -0.15) is 0 Å². The summed E-state index contributed by atoms with van der Waals surface area (Å²) in [5, 5.41) is 0. The van der Waals surface area contributed by atoms with Crippen LogP contribution in [0, 0.1) is 5.92 Å². The lowest BCUT2D eigenvalue weighted by Crippen LogP contribution is -2.11. The van der Waals surface area contributed by atoms with Crippen LogP contribution in [-0.2, 0) is 18.1 Å². The van der Waals surface area contributed by atoms with Gasteiger partial charge in [0.1, 0.15) is 5.75 Å². The summed E-state index contributed by atoms with van der Waals surface area (Å²) < 4.78 is 35.6. The Labute approximate surface area is 177 Å². The molecule has 0 bridgehead atoms. The van der Waals surface area contributed by atoms with Crippen molar-refractivity contribution in [2.75, 3.05) is 20.0 Å². The quantitative estimate of drug-likeness (QED) is 0.166. The molecule has 0 N–H and O–H groups in total. The molecule has 1 atom stereocenters. The molecule has 0 spiro atoms. The number of ether oxygens (including phenoxy) is 1. The Hall–Kier alpha value is -0.870. The molecule has 0 aliphatic heterocycles. The van der Waals surface area contributed by atoms with E-state index in [0.29, 0.717) is 25.0 Å². The van der Waals surface area contributed by atoms with Crippen LogP contribution in [0.2, 0.25) is 0 Å². The first-order chi connectivity index (χ1) is 13.9. The van der Waals surface area contributed by atoms with Crippen LogP contribution >= 0.6 is 7.82 Å². The average molecular weight is 427 g/mol. The Bertz CT molecular complexity index is 643. The zero-order chi connectivity index (χ0) is 21.3. The van der Waals surface area contributed by atoms with Gasteiger partial charge in [0.25, 0.3) is 0 Å². The number of phosphoric ester groups is 1. The minimum atomic E-state index is -3.63. The zero-order valence-corrected chi connectivity index (χ0v) is 19.7. The van der Waals surface area contributed by atoms with Crippen molar-refractivity contribution >= 4 is 7.82 Å². The van der Waals surface area contributed by atoms with Crippen LogP contribution in [0.3, 0.4) is 0 Å². The van der Waals surface area contributed by atoms with Gasteiger partial charge >= 0.3 is 7.82 Å². The van der Waals surface area contributed by atoms with Crippen LogP contribution in [-0.4, -0.2) is 20.0 Å². The van der Waals surface area contributed by atoms with E-state index in [0.717, 1.165) is 42.9 Å². The van der Waals surface area contributed by atoms with Crippen molar-refractivity contribution in [3.63, 3.8) is 0 Å². The molecule has 0 amide bonds. The molecule has 0 aromatic heterocycles. The number of hydrogen-bond donors (Lipinski definition) is 0. The first-order valence-corrected chi connectivity index (χ1v) is 12.7. The van der Waals surface area contributed by atoms with Crippen molar-refractivity contribution in [2.24, 2.45) is 5.92 Å². The van der Waals surface area contributed by atoms with Gasteiger partial charge in [-0.05, 0) is 54.6 Å². The fourth-order valence-corrected chi connectivity index (χ4v) is 4.42. The van der Waals surface area contributed by atoms with E-state index in [9.17, 15) is 4.57 Å². The molecule has 6 heteroatoms. The van der Waals surface area contributed by atoms with Crippen LogP contribution in [0.4, 0.5) is 0 Å². The Morgan fingerprint density at radius 1 is 0.966 bits per heavy atom. The van der Waals surface area contributed by atoms with Gasteiger partial charge in [0, 0.05) is 0 Å². The lowest BCUT2D eigenvalue weighted by molar-refractivity contribution is 0.0479. The lowest BCUT2D eigenvalue weighted by atomic mass is 9.90. The smallest absolute Gasteiger partial charge is 0.466 e. The van der Waals surface area contributed by atoms with Gasteiger partial charge in [-0.3, -0.25) is 9.05 Å². The van der Waals surface area contributed by atoms with Crippen LogP contribution in [0.25, 0.3) is 0 Å². The number of hydrogen-bond acceptors (Lipinski definition) is 5. The number of phosphoric acid groups is 1. The van der Waals surface area contributed by atoms with Gasteiger partial charge in [-0.25, -0.2) is 9.09 Å². The first kappa shape index (κ1) is 24.4. The monoisotopic (exact) mass is 426 g/mol. The van der Waals surface area contributed by atoms with Gasteiger partial charge in [0.2, 0.25) is 0 Å². The number of rotatable bonds is 15. The van der Waals surface area contributed by atoms with E-state index in [2.05, 4.69) is 52.8 Å². The predicted molar refractivity (Wildman–Crippen MR) is 118 cm³/mol. The summed E-state index contributed by atoms with van der Waals surface area (Å²) in [5.74, 6) is 2.35. The Balaban J connectivity index is 2.08. The van der Waals surface area contributed by atoms with Gasteiger partial charge in [0.05, 0.1) is 13.2 Å². The zero-order valence-electron chi connectivity index (χ0n) is 18.8. The Kier molecular flexibility index (Phi) is 10.2. The molecule has 0 unspecified atom stereocenters. The highest BCUT2D eigenvalue weighted by molar-refractivity contribution is 7.48. The lowest BCUT2D eigenvalue weighted by Gasteiger charge is -2.23. The first-order valence-electron chi connectivity index (χ1n) is 11.2. The molecule has 1 aromatic rings. The van der Waals surface area contributed by atoms with E-state index in [1.165, 1.54) is 18.4 Å². The van der Waals surface area contributed by atoms with Crippen molar-refractivity contribution < 1.29 is 22.9 Å². The third kappa shape index (κ3) is 7.71. The summed E-state index contributed by atoms with van der Waals surface area (Å²) in [6.07, 6.45) is 6.07. The molecule has 1 saturated carbocycles. The van der Waals surface area contributed by atoms with Crippen molar-refractivity contribution in [2.45, 2.75) is 85.0 Å². The van der Waals surface area contributed by atoms with E-state index in [4.69, 9.17) is 18.3 Å². The van der Waals surface area contributed by atoms with Crippen LogP contribution in [0.5, 0.6) is 5.75 Å². The Morgan fingerprint density at radius 3 is 2.07 bits per heavy atom. The topological polar surface area (TPSA) is 54.0 Å². The number of benzene rings is 1. The van der Waals surface area contributed by atoms with E-state index in [1.54, 1.807) is 0 Å². The summed E-state index contributed by atoms with van der Waals surface area (Å²) in [4.78, 5) is 0. The molecule has 5 nitrogen and oxygen atoms in total. The maximum atomic E-state index is 13.0. The predicted octanol–water partition coefficient (Wildman–Crippen LogP) is 7.42. The largest absolute Gasteiger partial charge is 0.477 e. The van der Waals surface area contributed by atoms with Crippen molar-refractivity contribution in [3.05, 3.63) is 29.3 Å². The molecule has 0 radical (unpaired) electrons. The molecule has 29 heavy (non-hydrogen) atoms. The second kappa shape index (κ2) is 12.1. The second-order valence-corrected chi connectivity index (χ2v) is 9.93. The fourth-order valence-electron chi connectivity index (χ4n) is 3.31. The molecular weight excluding hydrogens is 387 g/mol. The number of unbranched alkanes of at least 4 members (excludes halogenated alkanes) is 2. The van der Waals surface area contributed by atoms with Gasteiger partial charge < -0.3 is 4.74 Å². The summed E-state index contributed by atoms with van der Waals surface area (Å²) >= 11 is 0. The minimum absolute atomic E-state index is 0.149. The highest BCUT2D eigenvalue weighted by Crippen LogP contribution is 2.50. The molecular formula is C23H39O5P. The third-order valence-electron chi connectivity index (χ3n) is 5.43. The van der Waals surface area contributed by atoms with E-state index in [-0.39, 0.29) is 6.79 Å². The summed E-state index contributed by atoms with van der Waals surface area (Å²) in [5.41, 5.74) is 2.35. The van der Waals surface area contributed by atoms with Crippen LogP contribution < -0.4 is 4.74 Å². The molecule has 0 saturated heterocycles. The van der Waals surface area contributed by atoms with Crippen molar-refractivity contribution in [1.82, 2.24) is 0 Å². The summed E-state index contributed by atoms with van der Waals surface area (Å²) in [6, 6.07) is 6.33. The van der Waals surface area contributed by atoms with Crippen molar-refractivity contribution in [3.8, 4) is 5.75 Å². The minimum Gasteiger partial charge on any atom is -0.466 e. The molecule has 166 valence electrons. The maximum absolute atomic E-state index is 13.0. The highest BCUT2D eigenvalue weighted by atomic mass is 31.2. The molecule has 2 rings (SSSR count). The highest BCUT2D eigenvalue weighted by Gasteiger charge is 2.32. The second-order valence-electron chi connectivity index (χ2n) is 8.26. The van der Waals surface area contributed by atoms with Gasteiger partial charge in [0.15, 0.2) is 6.79 Å². The average Bonchev–Trinajstić information content (AvgIpc) is 3.53. The molecule has 0 heterocycles. The molecule has 1 aromatic carbocycles. The third-order valence-corrected chi connectivity index (χ3v) is 6.85. The number of para-hydroxylation sites is 1. The summed E-state index contributed by atoms with van der Waals surface area (Å²) in [7, 11) is -3.63. The van der Waals surface area contributed by atoms with E-state index in [1.807, 2.05) is 0 Å². The molecule has 1 aliphatic carbocycles.